The molecule has 0 aliphatic rings. The first-order chi connectivity index (χ1) is 6.79. The summed E-state index contributed by atoms with van der Waals surface area (Å²) in [4.78, 5) is 13.6. The summed E-state index contributed by atoms with van der Waals surface area (Å²) in [5.74, 6) is 0. The standard InChI is InChI=1S/C11H6BrNO/c12-10-3-1-9-6-11(13-7-14)4-2-8(9)5-10/h1-6H. The highest BCUT2D eigenvalue weighted by molar-refractivity contribution is 9.10. The van der Waals surface area contributed by atoms with Crippen molar-refractivity contribution in [2.75, 3.05) is 0 Å². The summed E-state index contributed by atoms with van der Waals surface area (Å²) in [6, 6.07) is 11.5. The number of rotatable bonds is 1. The molecule has 0 aromatic heterocycles. The van der Waals surface area contributed by atoms with Gasteiger partial charge < -0.3 is 0 Å². The van der Waals surface area contributed by atoms with E-state index in [1.54, 1.807) is 6.07 Å². The van der Waals surface area contributed by atoms with E-state index < -0.39 is 0 Å². The molecule has 0 fully saturated rings. The fraction of sp³-hybridized carbons (Fsp3) is 0. The third-order valence-electron chi connectivity index (χ3n) is 1.96. The Morgan fingerprint density at radius 3 is 2.57 bits per heavy atom. The fourth-order valence-corrected chi connectivity index (χ4v) is 1.71. The number of aliphatic imine (C=N–C) groups is 1. The summed E-state index contributed by atoms with van der Waals surface area (Å²) in [6.07, 6.45) is 1.53. The van der Waals surface area contributed by atoms with Crippen molar-refractivity contribution in [1.29, 1.82) is 0 Å². The molecule has 0 amide bonds. The van der Waals surface area contributed by atoms with Gasteiger partial charge in [0, 0.05) is 4.47 Å². The smallest absolute Gasteiger partial charge is 0.211 e. The van der Waals surface area contributed by atoms with Gasteiger partial charge in [-0.15, -0.1) is 0 Å². The topological polar surface area (TPSA) is 29.4 Å². The van der Waals surface area contributed by atoms with Crippen LogP contribution in [0.15, 0.2) is 45.9 Å². The van der Waals surface area contributed by atoms with Crippen LogP contribution in [0.25, 0.3) is 10.8 Å². The molecule has 2 rings (SSSR count). The average Bonchev–Trinajstić information content (AvgIpc) is 2.19. The van der Waals surface area contributed by atoms with Gasteiger partial charge in [0.05, 0.1) is 5.69 Å². The third kappa shape index (κ3) is 1.74. The van der Waals surface area contributed by atoms with Gasteiger partial charge in [0.15, 0.2) is 0 Å². The molecule has 0 aliphatic heterocycles. The van der Waals surface area contributed by atoms with Crippen LogP contribution in [0.3, 0.4) is 0 Å². The van der Waals surface area contributed by atoms with E-state index in [4.69, 9.17) is 0 Å². The molecule has 0 N–H and O–H groups in total. The Kier molecular flexibility index (Phi) is 2.44. The van der Waals surface area contributed by atoms with Crippen LogP contribution in [0, 0.1) is 0 Å². The summed E-state index contributed by atoms with van der Waals surface area (Å²) in [6.45, 7) is 0. The number of hydrogen-bond acceptors (Lipinski definition) is 2. The van der Waals surface area contributed by atoms with Crippen LogP contribution in [0.5, 0.6) is 0 Å². The number of fused-ring (bicyclic) bond motifs is 1. The van der Waals surface area contributed by atoms with Crippen molar-refractivity contribution in [3.8, 4) is 0 Å². The van der Waals surface area contributed by atoms with E-state index in [1.165, 1.54) is 6.08 Å². The first-order valence-corrected chi connectivity index (χ1v) is 4.86. The van der Waals surface area contributed by atoms with Crippen LogP contribution in [0.4, 0.5) is 5.69 Å². The highest BCUT2D eigenvalue weighted by atomic mass is 79.9. The zero-order valence-electron chi connectivity index (χ0n) is 7.20. The molecule has 2 aromatic carbocycles. The average molecular weight is 248 g/mol. The van der Waals surface area contributed by atoms with Crippen LogP contribution in [0.2, 0.25) is 0 Å². The van der Waals surface area contributed by atoms with E-state index in [-0.39, 0.29) is 0 Å². The Balaban J connectivity index is 2.67. The van der Waals surface area contributed by atoms with Crippen molar-refractivity contribution >= 4 is 38.5 Å². The van der Waals surface area contributed by atoms with Crippen molar-refractivity contribution in [3.63, 3.8) is 0 Å². The maximum atomic E-state index is 10.1. The molecule has 0 saturated heterocycles. The quantitative estimate of drug-likeness (QED) is 0.560. The number of hydrogen-bond donors (Lipinski definition) is 0. The molecular weight excluding hydrogens is 242 g/mol. The third-order valence-corrected chi connectivity index (χ3v) is 2.45. The number of halogens is 1. The van der Waals surface area contributed by atoms with Gasteiger partial charge in [-0.05, 0) is 35.0 Å². The number of benzene rings is 2. The van der Waals surface area contributed by atoms with Crippen molar-refractivity contribution in [2.24, 2.45) is 4.99 Å². The van der Waals surface area contributed by atoms with Crippen LogP contribution in [-0.2, 0) is 4.79 Å². The summed E-state index contributed by atoms with van der Waals surface area (Å²) in [5.41, 5.74) is 0.634. The summed E-state index contributed by atoms with van der Waals surface area (Å²) in [7, 11) is 0. The van der Waals surface area contributed by atoms with Gasteiger partial charge in [-0.1, -0.05) is 28.1 Å². The van der Waals surface area contributed by atoms with Crippen molar-refractivity contribution < 1.29 is 4.79 Å². The van der Waals surface area contributed by atoms with Gasteiger partial charge >= 0.3 is 0 Å². The summed E-state index contributed by atoms with van der Waals surface area (Å²) >= 11 is 3.40. The lowest BCUT2D eigenvalue weighted by atomic mass is 10.1. The van der Waals surface area contributed by atoms with Crippen molar-refractivity contribution in [2.45, 2.75) is 0 Å². The minimum absolute atomic E-state index is 0.634. The van der Waals surface area contributed by atoms with Gasteiger partial charge in [0.1, 0.15) is 0 Å². The molecule has 0 heterocycles. The first kappa shape index (κ1) is 9.13. The molecule has 0 saturated carbocycles. The molecule has 14 heavy (non-hydrogen) atoms. The SMILES string of the molecule is O=C=Nc1ccc2cc(Br)ccc2c1. The minimum atomic E-state index is 0.634. The zero-order valence-corrected chi connectivity index (χ0v) is 8.78. The second kappa shape index (κ2) is 3.74. The van der Waals surface area contributed by atoms with Gasteiger partial charge in [-0.3, -0.25) is 0 Å². The normalized spacial score (nSPS) is 9.79. The largest absolute Gasteiger partial charge is 0.240 e. The molecule has 0 radical (unpaired) electrons. The fourth-order valence-electron chi connectivity index (χ4n) is 1.33. The molecule has 0 aliphatic carbocycles. The van der Waals surface area contributed by atoms with Crippen LogP contribution in [0.1, 0.15) is 0 Å². The van der Waals surface area contributed by atoms with Gasteiger partial charge in [0.25, 0.3) is 0 Å². The molecule has 0 atom stereocenters. The van der Waals surface area contributed by atoms with Crippen LogP contribution >= 0.6 is 15.9 Å². The summed E-state index contributed by atoms with van der Waals surface area (Å²) in [5, 5.41) is 2.17. The molecule has 2 nitrogen and oxygen atoms in total. The van der Waals surface area contributed by atoms with Crippen molar-refractivity contribution in [3.05, 3.63) is 40.9 Å². The molecule has 2 aromatic rings. The number of nitrogens with zero attached hydrogens (tertiary/aromatic N) is 1. The van der Waals surface area contributed by atoms with Gasteiger partial charge in [0.2, 0.25) is 6.08 Å². The maximum Gasteiger partial charge on any atom is 0.240 e. The first-order valence-electron chi connectivity index (χ1n) is 4.07. The number of carbonyl (C=O) groups excluding carboxylic acids is 1. The lowest BCUT2D eigenvalue weighted by Crippen LogP contribution is -1.72. The molecule has 3 heteroatoms. The zero-order chi connectivity index (χ0) is 9.97. The van der Waals surface area contributed by atoms with Crippen LogP contribution < -0.4 is 0 Å². The molecular formula is C11H6BrNO. The summed E-state index contributed by atoms with van der Waals surface area (Å²) < 4.78 is 1.04. The van der Waals surface area contributed by atoms with Crippen molar-refractivity contribution in [1.82, 2.24) is 0 Å². The predicted molar refractivity (Wildman–Crippen MR) is 59.4 cm³/mol. The highest BCUT2D eigenvalue weighted by Crippen LogP contribution is 2.23. The molecule has 0 bridgehead atoms. The lowest BCUT2D eigenvalue weighted by molar-refractivity contribution is 0.565. The highest BCUT2D eigenvalue weighted by Gasteiger charge is 1.95. The maximum absolute atomic E-state index is 10.1. The van der Waals surface area contributed by atoms with E-state index in [2.05, 4.69) is 20.9 Å². The van der Waals surface area contributed by atoms with E-state index in [9.17, 15) is 4.79 Å². The monoisotopic (exact) mass is 247 g/mol. The lowest BCUT2D eigenvalue weighted by Gasteiger charge is -1.98. The second-order valence-corrected chi connectivity index (χ2v) is 3.79. The van der Waals surface area contributed by atoms with E-state index in [0.29, 0.717) is 5.69 Å². The van der Waals surface area contributed by atoms with E-state index in [1.807, 2.05) is 30.3 Å². The molecule has 68 valence electrons. The van der Waals surface area contributed by atoms with E-state index in [0.717, 1.165) is 15.2 Å². The minimum Gasteiger partial charge on any atom is -0.211 e. The number of isocyanates is 1. The molecule has 0 spiro atoms. The van der Waals surface area contributed by atoms with E-state index >= 15 is 0 Å². The predicted octanol–water partition coefficient (Wildman–Crippen LogP) is 3.57. The molecule has 0 unspecified atom stereocenters. The Morgan fingerprint density at radius 1 is 1.07 bits per heavy atom. The Morgan fingerprint density at radius 2 is 1.79 bits per heavy atom. The van der Waals surface area contributed by atoms with Crippen LogP contribution in [-0.4, -0.2) is 6.08 Å². The Bertz CT molecular complexity index is 530. The van der Waals surface area contributed by atoms with Gasteiger partial charge in [-0.2, -0.15) is 4.99 Å². The Hall–Kier alpha value is -1.44. The van der Waals surface area contributed by atoms with Gasteiger partial charge in [-0.25, -0.2) is 4.79 Å². The second-order valence-electron chi connectivity index (χ2n) is 2.88. The Labute approximate surface area is 89.4 Å².